The first kappa shape index (κ1) is 16.3. The standard InChI is InChI=1S/C16H28O3S/c1-3-5-14(18-4-2)15(17)13-6-9-19-16(12-13)7-10-20-11-8-16/h13-14H,3-12H2,1-2H3. The molecule has 2 atom stereocenters. The maximum Gasteiger partial charge on any atom is 0.164 e. The highest BCUT2D eigenvalue weighted by atomic mass is 32.2. The molecule has 0 bridgehead atoms. The van der Waals surface area contributed by atoms with E-state index >= 15 is 0 Å². The van der Waals surface area contributed by atoms with Gasteiger partial charge in [-0.05, 0) is 50.5 Å². The highest BCUT2D eigenvalue weighted by molar-refractivity contribution is 7.99. The van der Waals surface area contributed by atoms with E-state index in [0.29, 0.717) is 12.4 Å². The van der Waals surface area contributed by atoms with Gasteiger partial charge < -0.3 is 9.47 Å². The molecule has 3 nitrogen and oxygen atoms in total. The van der Waals surface area contributed by atoms with E-state index in [1.165, 1.54) is 11.5 Å². The van der Waals surface area contributed by atoms with Crippen molar-refractivity contribution in [3.05, 3.63) is 0 Å². The maximum absolute atomic E-state index is 12.7. The predicted molar refractivity (Wildman–Crippen MR) is 83.3 cm³/mol. The number of Topliss-reactive ketones (excluding diaryl/α,β-unsaturated/α-hetero) is 1. The van der Waals surface area contributed by atoms with Crippen molar-refractivity contribution in [3.63, 3.8) is 0 Å². The lowest BCUT2D eigenvalue weighted by molar-refractivity contribution is -0.148. The number of carbonyl (C=O) groups is 1. The second-order valence-corrected chi connectivity index (χ2v) is 7.19. The van der Waals surface area contributed by atoms with E-state index in [-0.39, 0.29) is 17.6 Å². The number of hydrogen-bond donors (Lipinski definition) is 0. The van der Waals surface area contributed by atoms with Gasteiger partial charge in [0.05, 0.1) is 5.60 Å². The van der Waals surface area contributed by atoms with E-state index in [4.69, 9.17) is 9.47 Å². The Morgan fingerprint density at radius 1 is 1.40 bits per heavy atom. The van der Waals surface area contributed by atoms with Crippen molar-refractivity contribution in [3.8, 4) is 0 Å². The second-order valence-electron chi connectivity index (χ2n) is 5.97. The van der Waals surface area contributed by atoms with Crippen molar-refractivity contribution in [2.45, 2.75) is 64.1 Å². The summed E-state index contributed by atoms with van der Waals surface area (Å²) in [6, 6.07) is 0. The first-order chi connectivity index (χ1) is 9.71. The molecular weight excluding hydrogens is 272 g/mol. The van der Waals surface area contributed by atoms with Crippen molar-refractivity contribution in [2.24, 2.45) is 5.92 Å². The highest BCUT2D eigenvalue weighted by Crippen LogP contribution is 2.40. The highest BCUT2D eigenvalue weighted by Gasteiger charge is 2.42. The lowest BCUT2D eigenvalue weighted by atomic mass is 9.78. The molecule has 0 N–H and O–H groups in total. The Labute approximate surface area is 127 Å². The monoisotopic (exact) mass is 300 g/mol. The first-order valence-electron chi connectivity index (χ1n) is 8.08. The Bertz CT molecular complexity index is 301. The van der Waals surface area contributed by atoms with Gasteiger partial charge in [-0.15, -0.1) is 0 Å². The molecule has 2 unspecified atom stereocenters. The van der Waals surface area contributed by atoms with Crippen molar-refractivity contribution in [1.82, 2.24) is 0 Å². The predicted octanol–water partition coefficient (Wildman–Crippen LogP) is 3.45. The third-order valence-electron chi connectivity index (χ3n) is 4.54. The van der Waals surface area contributed by atoms with Crippen LogP contribution in [0.5, 0.6) is 0 Å². The van der Waals surface area contributed by atoms with Crippen LogP contribution in [0.1, 0.15) is 52.4 Å². The Balaban J connectivity index is 1.97. The average molecular weight is 300 g/mol. The normalized spacial score (nSPS) is 27.4. The fraction of sp³-hybridized carbons (Fsp3) is 0.938. The summed E-state index contributed by atoms with van der Waals surface area (Å²) < 4.78 is 11.8. The number of ketones is 1. The van der Waals surface area contributed by atoms with Crippen LogP contribution in [-0.2, 0) is 14.3 Å². The third kappa shape index (κ3) is 3.99. The molecule has 0 aliphatic carbocycles. The molecule has 1 spiro atoms. The van der Waals surface area contributed by atoms with E-state index < -0.39 is 0 Å². The molecule has 20 heavy (non-hydrogen) atoms. The first-order valence-corrected chi connectivity index (χ1v) is 9.23. The molecule has 2 heterocycles. The van der Waals surface area contributed by atoms with Crippen molar-refractivity contribution in [2.75, 3.05) is 24.7 Å². The van der Waals surface area contributed by atoms with Crippen LogP contribution in [0, 0.1) is 5.92 Å². The van der Waals surface area contributed by atoms with Crippen LogP contribution in [0.4, 0.5) is 0 Å². The van der Waals surface area contributed by atoms with Gasteiger partial charge in [0.15, 0.2) is 5.78 Å². The maximum atomic E-state index is 12.7. The fourth-order valence-electron chi connectivity index (χ4n) is 3.40. The van der Waals surface area contributed by atoms with Gasteiger partial charge in [0.2, 0.25) is 0 Å². The SMILES string of the molecule is CCCC(OCC)C(=O)C1CCOC2(CCSCC2)C1. The smallest absolute Gasteiger partial charge is 0.164 e. The Morgan fingerprint density at radius 2 is 2.15 bits per heavy atom. The number of hydrogen-bond acceptors (Lipinski definition) is 4. The number of rotatable bonds is 6. The zero-order chi connectivity index (χ0) is 14.4. The molecule has 2 fully saturated rings. The van der Waals surface area contributed by atoms with Gasteiger partial charge in [-0.1, -0.05) is 13.3 Å². The van der Waals surface area contributed by atoms with E-state index in [2.05, 4.69) is 6.92 Å². The van der Waals surface area contributed by atoms with Gasteiger partial charge in [0.25, 0.3) is 0 Å². The van der Waals surface area contributed by atoms with E-state index in [1.54, 1.807) is 0 Å². The summed E-state index contributed by atoms with van der Waals surface area (Å²) >= 11 is 2.01. The zero-order valence-corrected chi connectivity index (χ0v) is 13.7. The zero-order valence-electron chi connectivity index (χ0n) is 12.9. The van der Waals surface area contributed by atoms with Gasteiger partial charge in [-0.2, -0.15) is 11.8 Å². The molecule has 2 aliphatic heterocycles. The Morgan fingerprint density at radius 3 is 2.80 bits per heavy atom. The van der Waals surface area contributed by atoms with Crippen LogP contribution >= 0.6 is 11.8 Å². The van der Waals surface area contributed by atoms with Crippen LogP contribution < -0.4 is 0 Å². The summed E-state index contributed by atoms with van der Waals surface area (Å²) in [7, 11) is 0. The van der Waals surface area contributed by atoms with Gasteiger partial charge in [-0.3, -0.25) is 4.79 Å². The largest absolute Gasteiger partial charge is 0.375 e. The van der Waals surface area contributed by atoms with Crippen LogP contribution in [0.15, 0.2) is 0 Å². The fourth-order valence-corrected chi connectivity index (χ4v) is 4.63. The number of carbonyl (C=O) groups excluding carboxylic acids is 1. The molecule has 2 aliphatic rings. The summed E-state index contributed by atoms with van der Waals surface area (Å²) in [5, 5.41) is 0. The van der Waals surface area contributed by atoms with Crippen LogP contribution in [0.3, 0.4) is 0 Å². The lowest BCUT2D eigenvalue weighted by Gasteiger charge is -2.43. The molecule has 0 aromatic heterocycles. The molecule has 0 radical (unpaired) electrons. The number of thioether (sulfide) groups is 1. The van der Waals surface area contributed by atoms with E-state index in [9.17, 15) is 4.79 Å². The topological polar surface area (TPSA) is 35.5 Å². The minimum Gasteiger partial charge on any atom is -0.375 e. The number of ether oxygens (including phenoxy) is 2. The van der Waals surface area contributed by atoms with Crippen molar-refractivity contribution >= 4 is 17.5 Å². The summed E-state index contributed by atoms with van der Waals surface area (Å²) in [6.07, 6.45) is 5.67. The summed E-state index contributed by atoms with van der Waals surface area (Å²) in [4.78, 5) is 12.7. The molecule has 2 saturated heterocycles. The molecule has 4 heteroatoms. The lowest BCUT2D eigenvalue weighted by Crippen LogP contribution is -2.46. The van der Waals surface area contributed by atoms with Crippen molar-refractivity contribution in [1.29, 1.82) is 0 Å². The summed E-state index contributed by atoms with van der Waals surface area (Å²) in [6.45, 7) is 5.45. The minimum absolute atomic E-state index is 0.00714. The summed E-state index contributed by atoms with van der Waals surface area (Å²) in [5.41, 5.74) is -0.00714. The van der Waals surface area contributed by atoms with Gasteiger partial charge in [-0.25, -0.2) is 0 Å². The Hall–Kier alpha value is -0.0600. The third-order valence-corrected chi connectivity index (χ3v) is 5.52. The summed E-state index contributed by atoms with van der Waals surface area (Å²) in [5.74, 6) is 2.82. The molecule has 0 amide bonds. The van der Waals surface area contributed by atoms with Crippen LogP contribution in [0.25, 0.3) is 0 Å². The van der Waals surface area contributed by atoms with Gasteiger partial charge >= 0.3 is 0 Å². The molecule has 0 aromatic rings. The molecule has 2 rings (SSSR count). The van der Waals surface area contributed by atoms with E-state index in [0.717, 1.165) is 45.1 Å². The average Bonchev–Trinajstić information content (AvgIpc) is 2.47. The minimum atomic E-state index is -0.192. The molecule has 0 saturated carbocycles. The van der Waals surface area contributed by atoms with Crippen molar-refractivity contribution < 1.29 is 14.3 Å². The quantitative estimate of drug-likeness (QED) is 0.752. The molecule has 116 valence electrons. The Kier molecular flexibility index (Phi) is 6.37. The van der Waals surface area contributed by atoms with Gasteiger partial charge in [0.1, 0.15) is 6.10 Å². The van der Waals surface area contributed by atoms with E-state index in [1.807, 2.05) is 18.7 Å². The van der Waals surface area contributed by atoms with Crippen LogP contribution in [-0.4, -0.2) is 42.2 Å². The van der Waals surface area contributed by atoms with Crippen LogP contribution in [0.2, 0.25) is 0 Å². The van der Waals surface area contributed by atoms with Gasteiger partial charge in [0, 0.05) is 19.1 Å². The molecular formula is C16H28O3S. The molecule has 0 aromatic carbocycles. The second kappa shape index (κ2) is 7.81.